The Morgan fingerprint density at radius 3 is 1.06 bits per heavy atom. The largest absolute Gasteiger partial charge is 0.295 e. The smallest absolute Gasteiger partial charge is 0.187 e. The maximum absolute atomic E-state index is 9.65. The maximum atomic E-state index is 9.65. The second-order valence-corrected chi connectivity index (χ2v) is 24.9. The Morgan fingerprint density at radius 2 is 0.701 bits per heavy atom. The first-order chi connectivity index (χ1) is 42.3. The molecule has 0 aliphatic heterocycles. The molecule has 3 aliphatic carbocycles. The number of fused-ring (bicyclic) bond motifs is 11. The van der Waals surface area contributed by atoms with Gasteiger partial charge in [-0.25, -0.2) is 14.8 Å². The Labute approximate surface area is 508 Å². The van der Waals surface area contributed by atoms with Crippen LogP contribution in [0.2, 0.25) is 0 Å². The first kappa shape index (κ1) is 52.9. The van der Waals surface area contributed by atoms with Gasteiger partial charge in [0, 0.05) is 62.2 Å². The first-order valence-electron chi connectivity index (χ1n) is 29.8. The number of hydrogen-bond donors (Lipinski definition) is 0. The predicted octanol–water partition coefficient (Wildman–Crippen LogP) is 21.4. The van der Waals surface area contributed by atoms with E-state index in [1.54, 1.807) is 0 Å². The monoisotopic (exact) mass is 1120 g/mol. The van der Waals surface area contributed by atoms with Gasteiger partial charge in [-0.2, -0.15) is 5.26 Å². The van der Waals surface area contributed by atoms with Gasteiger partial charge in [-0.1, -0.05) is 211 Å². The number of hydrogen-bond acceptors (Lipinski definition) is 5. The highest BCUT2D eigenvalue weighted by atomic mass is 15.2. The van der Waals surface area contributed by atoms with Crippen LogP contribution in [0, 0.1) is 17.9 Å². The summed E-state index contributed by atoms with van der Waals surface area (Å²) < 4.78 is 0. The van der Waals surface area contributed by atoms with Crippen molar-refractivity contribution >= 4 is 85.9 Å². The van der Waals surface area contributed by atoms with Crippen LogP contribution in [0.4, 0.5) is 40.1 Å². The van der Waals surface area contributed by atoms with E-state index in [0.29, 0.717) is 11.3 Å². The average molecular weight is 1120 g/mol. The lowest BCUT2D eigenvalue weighted by atomic mass is 9.81. The molecule has 15 rings (SSSR count). The van der Waals surface area contributed by atoms with E-state index in [1.807, 2.05) is 60.9 Å². The number of aromatic nitrogens is 2. The summed E-state index contributed by atoms with van der Waals surface area (Å²) in [5, 5.41) is 14.0. The molecule has 414 valence electrons. The van der Waals surface area contributed by atoms with Crippen LogP contribution in [-0.2, 0) is 16.2 Å². The molecule has 6 heteroatoms. The third kappa shape index (κ3) is 8.67. The molecule has 2 heterocycles. The third-order valence-corrected chi connectivity index (χ3v) is 18.8. The Hall–Kier alpha value is -10.9. The fourth-order valence-electron chi connectivity index (χ4n) is 14.0. The van der Waals surface area contributed by atoms with Crippen LogP contribution in [0.25, 0.3) is 84.1 Å². The van der Waals surface area contributed by atoms with Crippen LogP contribution < -0.4 is 9.80 Å². The van der Waals surface area contributed by atoms with E-state index in [2.05, 4.69) is 256 Å². The van der Waals surface area contributed by atoms with E-state index in [9.17, 15) is 5.26 Å². The van der Waals surface area contributed by atoms with Crippen molar-refractivity contribution in [2.45, 2.75) is 57.8 Å². The maximum Gasteiger partial charge on any atom is 0.187 e. The Bertz CT molecular complexity index is 4660. The number of nitriles is 1. The summed E-state index contributed by atoms with van der Waals surface area (Å²) in [6, 6.07) is 80.1. The molecule has 0 amide bonds. The van der Waals surface area contributed by atoms with E-state index in [0.717, 1.165) is 61.5 Å². The molecule has 0 unspecified atom stereocenters. The number of benzene rings is 10. The van der Waals surface area contributed by atoms with Gasteiger partial charge >= 0.3 is 0 Å². The van der Waals surface area contributed by atoms with Crippen molar-refractivity contribution in [2.75, 3.05) is 9.80 Å². The minimum Gasteiger partial charge on any atom is -0.295 e. The van der Waals surface area contributed by atoms with Crippen molar-refractivity contribution in [1.29, 1.82) is 5.26 Å². The lowest BCUT2D eigenvalue weighted by Gasteiger charge is -2.28. The lowest BCUT2D eigenvalue weighted by Crippen LogP contribution is -2.17. The van der Waals surface area contributed by atoms with Crippen molar-refractivity contribution in [3.05, 3.63) is 303 Å². The zero-order valence-electron chi connectivity index (χ0n) is 49.4. The van der Waals surface area contributed by atoms with E-state index in [1.165, 1.54) is 83.5 Å². The molecule has 12 aromatic rings. The van der Waals surface area contributed by atoms with Crippen molar-refractivity contribution in [2.24, 2.45) is 0 Å². The standard InChI is InChI=1S/C81H60N6/c1-79(2)71-44-51(16-18-53-24-36-67-69-38-32-61(48-75(69)80(3,4)73(67)46-53)86(59-28-20-55(50-82)21-29-59)77-63-14-10-8-12-56(63)40-42-84-77)22-34-65(71)66-35-23-52(45-72(66)79)17-19-54-25-37-68-70-39-33-62(49-76(70)81(5,6)74(68)47-54)87(60-30-26-58(83-7)27-31-60)78-64-15-11-9-13-57(64)41-43-85-78/h8-49H,1-6H3. The molecule has 0 radical (unpaired) electrons. The average Bonchev–Trinajstić information content (AvgIpc) is 1.71. The number of rotatable bonds is 10. The van der Waals surface area contributed by atoms with Crippen molar-refractivity contribution in [3.63, 3.8) is 0 Å². The van der Waals surface area contributed by atoms with Crippen LogP contribution in [0.1, 0.15) is 103 Å². The molecule has 0 fully saturated rings. The number of anilines is 6. The highest BCUT2D eigenvalue weighted by Gasteiger charge is 2.39. The van der Waals surface area contributed by atoms with Crippen molar-refractivity contribution in [1.82, 2.24) is 9.97 Å². The highest BCUT2D eigenvalue weighted by molar-refractivity contribution is 5.99. The molecule has 6 nitrogen and oxygen atoms in total. The molecule has 0 bridgehead atoms. The second-order valence-electron chi connectivity index (χ2n) is 24.9. The summed E-state index contributed by atoms with van der Waals surface area (Å²) in [6.07, 6.45) is 12.8. The minimum absolute atomic E-state index is 0.192. The third-order valence-electron chi connectivity index (χ3n) is 18.8. The topological polar surface area (TPSA) is 60.4 Å². The summed E-state index contributed by atoms with van der Waals surface area (Å²) in [7, 11) is 0. The van der Waals surface area contributed by atoms with E-state index in [4.69, 9.17) is 16.5 Å². The van der Waals surface area contributed by atoms with Gasteiger partial charge in [-0.3, -0.25) is 9.80 Å². The van der Waals surface area contributed by atoms with Gasteiger partial charge in [0.05, 0.1) is 18.2 Å². The van der Waals surface area contributed by atoms with Gasteiger partial charge < -0.3 is 0 Å². The predicted molar refractivity (Wildman–Crippen MR) is 361 cm³/mol. The molecular formula is C81H60N6. The van der Waals surface area contributed by atoms with Crippen LogP contribution in [0.3, 0.4) is 0 Å². The number of nitrogens with zero attached hydrogens (tertiary/aromatic N) is 6. The molecule has 10 aromatic carbocycles. The quantitative estimate of drug-likeness (QED) is 0.101. The molecule has 0 N–H and O–H groups in total. The number of pyridine rings is 2. The molecule has 2 aromatic heterocycles. The fraction of sp³-hybridized carbons (Fsp3) is 0.111. The van der Waals surface area contributed by atoms with E-state index < -0.39 is 0 Å². The molecule has 87 heavy (non-hydrogen) atoms. The molecule has 0 saturated carbocycles. The highest BCUT2D eigenvalue weighted by Crippen LogP contribution is 2.54. The Kier molecular flexibility index (Phi) is 12.2. The summed E-state index contributed by atoms with van der Waals surface area (Å²) >= 11 is 0. The van der Waals surface area contributed by atoms with Gasteiger partial charge in [0.25, 0.3) is 0 Å². The normalized spacial score (nSPS) is 14.3. The van der Waals surface area contributed by atoms with Gasteiger partial charge in [0.1, 0.15) is 11.6 Å². The zero-order valence-corrected chi connectivity index (χ0v) is 49.4. The van der Waals surface area contributed by atoms with Crippen LogP contribution in [0.5, 0.6) is 0 Å². The fourth-order valence-corrected chi connectivity index (χ4v) is 14.0. The summed E-state index contributed by atoms with van der Waals surface area (Å²) in [6.45, 7) is 21.7. The van der Waals surface area contributed by atoms with Crippen molar-refractivity contribution in [3.8, 4) is 39.4 Å². The van der Waals surface area contributed by atoms with Crippen molar-refractivity contribution < 1.29 is 0 Å². The van der Waals surface area contributed by atoms with Gasteiger partial charge in [0.2, 0.25) is 0 Å². The summed E-state index contributed by atoms with van der Waals surface area (Å²) in [5.74, 6) is 1.69. The van der Waals surface area contributed by atoms with Crippen LogP contribution in [0.15, 0.2) is 231 Å². The van der Waals surface area contributed by atoms with E-state index in [-0.39, 0.29) is 16.2 Å². The molecule has 0 atom stereocenters. The first-order valence-corrected chi connectivity index (χ1v) is 29.8. The minimum atomic E-state index is -0.265. The summed E-state index contributed by atoms with van der Waals surface area (Å²) in [5.41, 5.74) is 24.6. The molecule has 0 spiro atoms. The van der Waals surface area contributed by atoms with Gasteiger partial charge in [-0.15, -0.1) is 0 Å². The molecule has 0 saturated heterocycles. The van der Waals surface area contributed by atoms with Crippen LogP contribution >= 0.6 is 0 Å². The Balaban J connectivity index is 0.672. The second kappa shape index (κ2) is 20.1. The Morgan fingerprint density at radius 1 is 0.379 bits per heavy atom. The summed E-state index contributed by atoms with van der Waals surface area (Å²) in [4.78, 5) is 18.1. The molecule has 3 aliphatic rings. The van der Waals surface area contributed by atoms with Gasteiger partial charge in [-0.05, 0) is 173 Å². The molecular weight excluding hydrogens is 1060 g/mol. The SMILES string of the molecule is [C-]#[N+]c1ccc(N(c2ccc3c(c2)C(C)(C)c2cc(C=Cc4ccc5c(c4)C(C)(C)c4cc(C=Cc6ccc7c(c6)C(C)(C)c6cc(N(c8ccc(C#N)cc8)c8nccc9ccccc89)ccc6-7)ccc4-5)ccc2-3)c2nccc3ccccc23)cc1. The lowest BCUT2D eigenvalue weighted by molar-refractivity contribution is 0.660. The van der Waals surface area contributed by atoms with E-state index >= 15 is 0 Å². The van der Waals surface area contributed by atoms with Crippen LogP contribution in [-0.4, -0.2) is 9.97 Å². The zero-order chi connectivity index (χ0) is 59.3. The van der Waals surface area contributed by atoms with Gasteiger partial charge in [0.15, 0.2) is 5.69 Å².